The van der Waals surface area contributed by atoms with Crippen LogP contribution in [0.25, 0.3) is 11.4 Å². The Morgan fingerprint density at radius 3 is 2.80 bits per heavy atom. The Morgan fingerprint density at radius 2 is 2.04 bits per heavy atom. The van der Waals surface area contributed by atoms with Gasteiger partial charge in [0.15, 0.2) is 5.82 Å². The third kappa shape index (κ3) is 4.69. The third-order valence-corrected chi connectivity index (χ3v) is 4.04. The molecule has 1 aromatic heterocycles. The molecule has 0 bridgehead atoms. The van der Waals surface area contributed by atoms with Gasteiger partial charge in [-0.15, -0.1) is 5.10 Å². The van der Waals surface area contributed by atoms with Gasteiger partial charge in [0.25, 0.3) is 0 Å². The molecule has 1 aliphatic rings. The Labute approximate surface area is 146 Å². The molecule has 0 aliphatic carbocycles. The van der Waals surface area contributed by atoms with Crippen LogP contribution in [0, 0.1) is 0 Å². The Morgan fingerprint density at radius 1 is 1.28 bits per heavy atom. The lowest BCUT2D eigenvalue weighted by molar-refractivity contribution is 0.0800. The van der Waals surface area contributed by atoms with Crippen molar-refractivity contribution in [2.24, 2.45) is 7.05 Å². The molecule has 1 saturated heterocycles. The minimum absolute atomic E-state index is 0.182. The number of hydrogen-bond acceptors (Lipinski definition) is 5. The molecule has 0 spiro atoms. The molecule has 2 heterocycles. The SMILES string of the molecule is Cn1c(OCCNC(=O)NC2CCOCC2)nnc1-c1ccccc1. The Balaban J connectivity index is 1.42. The average molecular weight is 345 g/mol. The number of carbonyl (C=O) groups excluding carboxylic acids is 1. The maximum absolute atomic E-state index is 11.8. The summed E-state index contributed by atoms with van der Waals surface area (Å²) in [5, 5.41) is 13.9. The molecule has 2 aromatic rings. The first-order valence-corrected chi connectivity index (χ1v) is 8.44. The zero-order chi connectivity index (χ0) is 17.5. The average Bonchev–Trinajstić information content (AvgIpc) is 3.01. The number of hydrogen-bond donors (Lipinski definition) is 2. The molecule has 1 aromatic carbocycles. The van der Waals surface area contributed by atoms with Gasteiger partial charge in [-0.3, -0.25) is 4.57 Å². The minimum Gasteiger partial charge on any atom is -0.462 e. The Hall–Kier alpha value is -2.61. The largest absolute Gasteiger partial charge is 0.462 e. The van der Waals surface area contributed by atoms with Gasteiger partial charge in [0.05, 0.1) is 6.54 Å². The van der Waals surface area contributed by atoms with E-state index in [1.165, 1.54) is 0 Å². The third-order valence-electron chi connectivity index (χ3n) is 4.04. The van der Waals surface area contributed by atoms with E-state index >= 15 is 0 Å². The van der Waals surface area contributed by atoms with Gasteiger partial charge in [-0.25, -0.2) is 4.79 Å². The Kier molecular flexibility index (Phi) is 5.84. The van der Waals surface area contributed by atoms with Crippen LogP contribution < -0.4 is 15.4 Å². The summed E-state index contributed by atoms with van der Waals surface area (Å²) in [4.78, 5) is 11.8. The van der Waals surface area contributed by atoms with E-state index in [2.05, 4.69) is 20.8 Å². The maximum atomic E-state index is 11.8. The number of aromatic nitrogens is 3. The van der Waals surface area contributed by atoms with Gasteiger partial charge in [0, 0.05) is 31.9 Å². The first-order chi connectivity index (χ1) is 12.2. The normalized spacial score (nSPS) is 14.9. The summed E-state index contributed by atoms with van der Waals surface area (Å²) in [7, 11) is 1.85. The van der Waals surface area contributed by atoms with E-state index < -0.39 is 0 Å². The summed E-state index contributed by atoms with van der Waals surface area (Å²) in [6, 6.07) is 10.2. The van der Waals surface area contributed by atoms with Crippen molar-refractivity contribution in [2.75, 3.05) is 26.4 Å². The van der Waals surface area contributed by atoms with Crippen molar-refractivity contribution >= 4 is 6.03 Å². The topological polar surface area (TPSA) is 90.3 Å². The first kappa shape index (κ1) is 17.2. The molecule has 2 amide bonds. The van der Waals surface area contributed by atoms with E-state index in [4.69, 9.17) is 9.47 Å². The van der Waals surface area contributed by atoms with Crippen LogP contribution in [0.5, 0.6) is 6.01 Å². The number of benzene rings is 1. The predicted octanol–water partition coefficient (Wildman–Crippen LogP) is 1.34. The van der Waals surface area contributed by atoms with Crippen LogP contribution in [0.3, 0.4) is 0 Å². The monoisotopic (exact) mass is 345 g/mol. The lowest BCUT2D eigenvalue weighted by Crippen LogP contribution is -2.45. The molecular weight excluding hydrogens is 322 g/mol. The van der Waals surface area contributed by atoms with E-state index in [-0.39, 0.29) is 12.1 Å². The minimum atomic E-state index is -0.182. The van der Waals surface area contributed by atoms with Gasteiger partial charge in [0.1, 0.15) is 6.61 Å². The fraction of sp³-hybridized carbons (Fsp3) is 0.471. The molecule has 25 heavy (non-hydrogen) atoms. The maximum Gasteiger partial charge on any atom is 0.317 e. The molecule has 134 valence electrons. The van der Waals surface area contributed by atoms with Gasteiger partial charge < -0.3 is 20.1 Å². The molecule has 1 aliphatic heterocycles. The second-order valence-corrected chi connectivity index (χ2v) is 5.87. The molecule has 0 radical (unpaired) electrons. The van der Waals surface area contributed by atoms with Gasteiger partial charge in [0.2, 0.25) is 0 Å². The standard InChI is InChI=1S/C17H23N5O3/c1-22-15(13-5-3-2-4-6-13)20-21-17(22)25-12-9-18-16(23)19-14-7-10-24-11-8-14/h2-6,14H,7-12H2,1H3,(H2,18,19,23). The van der Waals surface area contributed by atoms with E-state index in [9.17, 15) is 4.79 Å². The van der Waals surface area contributed by atoms with Gasteiger partial charge in [-0.05, 0) is 12.8 Å². The molecule has 3 rings (SSSR count). The van der Waals surface area contributed by atoms with Crippen LogP contribution in [-0.2, 0) is 11.8 Å². The fourth-order valence-electron chi connectivity index (χ4n) is 2.66. The summed E-state index contributed by atoms with van der Waals surface area (Å²) in [5.74, 6) is 0.737. The van der Waals surface area contributed by atoms with E-state index in [1.807, 2.05) is 37.4 Å². The molecule has 0 saturated carbocycles. The van der Waals surface area contributed by atoms with Crippen LogP contribution >= 0.6 is 0 Å². The predicted molar refractivity (Wildman–Crippen MR) is 92.3 cm³/mol. The van der Waals surface area contributed by atoms with Crippen molar-refractivity contribution in [2.45, 2.75) is 18.9 Å². The van der Waals surface area contributed by atoms with Gasteiger partial charge >= 0.3 is 12.0 Å². The molecule has 2 N–H and O–H groups in total. The van der Waals surface area contributed by atoms with Crippen LogP contribution in [0.2, 0.25) is 0 Å². The number of carbonyl (C=O) groups is 1. The smallest absolute Gasteiger partial charge is 0.317 e. The van der Waals surface area contributed by atoms with Crippen molar-refractivity contribution in [3.8, 4) is 17.4 Å². The highest BCUT2D eigenvalue weighted by Gasteiger charge is 2.16. The number of nitrogens with one attached hydrogen (secondary N) is 2. The molecule has 8 heteroatoms. The fourth-order valence-corrected chi connectivity index (χ4v) is 2.66. The second-order valence-electron chi connectivity index (χ2n) is 5.87. The number of urea groups is 1. The number of nitrogens with zero attached hydrogens (tertiary/aromatic N) is 3. The molecule has 0 atom stereocenters. The van der Waals surface area contributed by atoms with Crippen molar-refractivity contribution in [1.29, 1.82) is 0 Å². The van der Waals surface area contributed by atoms with Crippen LogP contribution in [0.15, 0.2) is 30.3 Å². The van der Waals surface area contributed by atoms with E-state index in [0.717, 1.165) is 24.2 Å². The van der Waals surface area contributed by atoms with Crippen molar-refractivity contribution in [1.82, 2.24) is 25.4 Å². The number of amides is 2. The summed E-state index contributed by atoms with van der Waals surface area (Å²) < 4.78 is 12.7. The second kappa shape index (κ2) is 8.48. The number of ether oxygens (including phenoxy) is 2. The highest BCUT2D eigenvalue weighted by atomic mass is 16.5. The summed E-state index contributed by atoms with van der Waals surface area (Å²) in [5.41, 5.74) is 0.973. The lowest BCUT2D eigenvalue weighted by Gasteiger charge is -2.23. The first-order valence-electron chi connectivity index (χ1n) is 8.44. The molecular formula is C17H23N5O3. The lowest BCUT2D eigenvalue weighted by atomic mass is 10.1. The summed E-state index contributed by atoms with van der Waals surface area (Å²) >= 11 is 0. The molecule has 8 nitrogen and oxygen atoms in total. The highest BCUT2D eigenvalue weighted by Crippen LogP contribution is 2.19. The molecule has 0 unspecified atom stereocenters. The highest BCUT2D eigenvalue weighted by molar-refractivity contribution is 5.74. The van der Waals surface area contributed by atoms with Crippen LogP contribution in [0.4, 0.5) is 4.79 Å². The van der Waals surface area contributed by atoms with E-state index in [0.29, 0.717) is 32.4 Å². The quantitative estimate of drug-likeness (QED) is 0.771. The molecule has 1 fully saturated rings. The van der Waals surface area contributed by atoms with Crippen LogP contribution in [-0.4, -0.2) is 53.2 Å². The van der Waals surface area contributed by atoms with Crippen molar-refractivity contribution in [3.05, 3.63) is 30.3 Å². The van der Waals surface area contributed by atoms with E-state index in [1.54, 1.807) is 4.57 Å². The zero-order valence-corrected chi connectivity index (χ0v) is 14.3. The van der Waals surface area contributed by atoms with Gasteiger partial charge in [-0.2, -0.15) is 0 Å². The van der Waals surface area contributed by atoms with Crippen molar-refractivity contribution < 1.29 is 14.3 Å². The Bertz CT molecular complexity index is 683. The van der Waals surface area contributed by atoms with Gasteiger partial charge in [-0.1, -0.05) is 35.4 Å². The van der Waals surface area contributed by atoms with Crippen LogP contribution in [0.1, 0.15) is 12.8 Å². The summed E-state index contributed by atoms with van der Waals surface area (Å²) in [6.45, 7) is 2.11. The number of rotatable bonds is 6. The zero-order valence-electron chi connectivity index (χ0n) is 14.3. The van der Waals surface area contributed by atoms with Crippen molar-refractivity contribution in [3.63, 3.8) is 0 Å². The summed E-state index contributed by atoms with van der Waals surface area (Å²) in [6.07, 6.45) is 1.70.